The van der Waals surface area contributed by atoms with Gasteiger partial charge in [-0.05, 0) is 19.1 Å². The van der Waals surface area contributed by atoms with E-state index < -0.39 is 10.1 Å². The van der Waals surface area contributed by atoms with Crippen molar-refractivity contribution >= 4 is 15.8 Å². The average molecular weight is 202 g/mol. The van der Waals surface area contributed by atoms with Crippen LogP contribution in [0.25, 0.3) is 0 Å². The van der Waals surface area contributed by atoms with Crippen LogP contribution in [-0.2, 0) is 14.4 Å². The lowest BCUT2D eigenvalue weighted by atomic mass is 10.4. The molecule has 0 bridgehead atoms. The number of nitrogens with zero attached hydrogens (tertiary/aromatic N) is 1. The van der Waals surface area contributed by atoms with E-state index in [1.54, 1.807) is 18.3 Å². The van der Waals surface area contributed by atoms with Crippen molar-refractivity contribution in [2.24, 2.45) is 0 Å². The molecule has 0 spiro atoms. The highest BCUT2D eigenvalue weighted by atomic mass is 32.2. The van der Waals surface area contributed by atoms with Gasteiger partial charge in [-0.25, -0.2) is 5.48 Å². The molecule has 72 valence electrons. The first-order chi connectivity index (χ1) is 6.14. The van der Waals surface area contributed by atoms with Crippen molar-refractivity contribution in [1.29, 1.82) is 0 Å². The molecule has 0 radical (unpaired) electrons. The van der Waals surface area contributed by atoms with E-state index >= 15 is 0 Å². The molecule has 0 amide bonds. The molecule has 1 N–H and O–H groups in total. The number of aromatic nitrogens is 1. The first-order valence-electron chi connectivity index (χ1n) is 3.71. The Morgan fingerprint density at radius 3 is 2.92 bits per heavy atom. The second kappa shape index (κ2) is 4.20. The van der Waals surface area contributed by atoms with E-state index in [1.165, 1.54) is 13.1 Å². The summed E-state index contributed by atoms with van der Waals surface area (Å²) in [4.78, 5) is 3.77. The van der Waals surface area contributed by atoms with Crippen LogP contribution in [0.2, 0.25) is 0 Å². The normalized spacial score (nSPS) is 11.2. The Labute approximate surface area is 76.8 Å². The van der Waals surface area contributed by atoms with Gasteiger partial charge in [0.25, 0.3) is 10.1 Å². The van der Waals surface area contributed by atoms with E-state index in [2.05, 4.69) is 14.7 Å². The predicted molar refractivity (Wildman–Crippen MR) is 48.4 cm³/mol. The molecule has 6 heteroatoms. The highest BCUT2D eigenvalue weighted by Gasteiger charge is 2.06. The molecule has 0 atom stereocenters. The number of rotatable bonds is 4. The van der Waals surface area contributed by atoms with E-state index in [0.29, 0.717) is 5.69 Å². The van der Waals surface area contributed by atoms with E-state index in [9.17, 15) is 8.42 Å². The summed E-state index contributed by atoms with van der Waals surface area (Å²) in [5.74, 6) is -0.0692. The highest BCUT2D eigenvalue weighted by Crippen LogP contribution is 2.04. The molecule has 0 saturated heterocycles. The fourth-order valence-corrected chi connectivity index (χ4v) is 0.935. The third kappa shape index (κ3) is 3.39. The standard InChI is InChI=1S/C7H10N2O3S/c1-2-13(10,11)12-9-7-4-3-5-8-6-7/h3-6,9H,2H2,1H3. The molecular weight excluding hydrogens is 192 g/mol. The average Bonchev–Trinajstić information content (AvgIpc) is 2.17. The van der Waals surface area contributed by atoms with Crippen molar-refractivity contribution in [3.63, 3.8) is 0 Å². The minimum Gasteiger partial charge on any atom is -0.262 e. The van der Waals surface area contributed by atoms with Gasteiger partial charge in [0.15, 0.2) is 0 Å². The molecule has 0 saturated carbocycles. The summed E-state index contributed by atoms with van der Waals surface area (Å²) in [7, 11) is -3.46. The van der Waals surface area contributed by atoms with Gasteiger partial charge in [0, 0.05) is 6.20 Å². The first kappa shape index (κ1) is 9.94. The van der Waals surface area contributed by atoms with Gasteiger partial charge < -0.3 is 0 Å². The summed E-state index contributed by atoms with van der Waals surface area (Å²) in [6, 6.07) is 3.32. The number of anilines is 1. The van der Waals surface area contributed by atoms with Crippen LogP contribution in [0.1, 0.15) is 6.92 Å². The largest absolute Gasteiger partial charge is 0.287 e. The summed E-state index contributed by atoms with van der Waals surface area (Å²) in [6.45, 7) is 1.50. The van der Waals surface area contributed by atoms with Gasteiger partial charge in [0.2, 0.25) is 0 Å². The van der Waals surface area contributed by atoms with Crippen LogP contribution >= 0.6 is 0 Å². The molecule has 1 rings (SSSR count). The third-order valence-electron chi connectivity index (χ3n) is 1.30. The van der Waals surface area contributed by atoms with Gasteiger partial charge in [-0.2, -0.15) is 12.7 Å². The summed E-state index contributed by atoms with van der Waals surface area (Å²) in [5, 5.41) is 0. The molecular formula is C7H10N2O3S. The molecule has 1 aromatic heterocycles. The zero-order chi connectivity index (χ0) is 9.73. The van der Waals surface area contributed by atoms with Gasteiger partial charge in [0.05, 0.1) is 17.6 Å². The number of hydrogen-bond donors (Lipinski definition) is 1. The zero-order valence-electron chi connectivity index (χ0n) is 7.10. The quantitative estimate of drug-likeness (QED) is 0.730. The SMILES string of the molecule is CCS(=O)(=O)ONc1cccnc1. The highest BCUT2D eigenvalue weighted by molar-refractivity contribution is 7.86. The molecule has 0 aliphatic rings. The topological polar surface area (TPSA) is 68.3 Å². The maximum absolute atomic E-state index is 10.9. The Bertz CT molecular complexity index is 349. The summed E-state index contributed by atoms with van der Waals surface area (Å²) in [5.41, 5.74) is 2.78. The lowest BCUT2D eigenvalue weighted by molar-refractivity contribution is 0.391. The second-order valence-corrected chi connectivity index (χ2v) is 4.13. The van der Waals surface area contributed by atoms with Crippen molar-refractivity contribution in [3.8, 4) is 0 Å². The maximum atomic E-state index is 10.9. The Morgan fingerprint density at radius 2 is 2.38 bits per heavy atom. The monoisotopic (exact) mass is 202 g/mol. The van der Waals surface area contributed by atoms with Crippen LogP contribution in [0.15, 0.2) is 24.5 Å². The van der Waals surface area contributed by atoms with Crippen LogP contribution in [0.3, 0.4) is 0 Å². The molecule has 0 aromatic carbocycles. The molecule has 1 aromatic rings. The lowest BCUT2D eigenvalue weighted by Gasteiger charge is -2.04. The fourth-order valence-electron chi connectivity index (χ4n) is 0.594. The van der Waals surface area contributed by atoms with Gasteiger partial charge in [-0.15, -0.1) is 0 Å². The van der Waals surface area contributed by atoms with Crippen LogP contribution in [0, 0.1) is 0 Å². The van der Waals surface area contributed by atoms with Crippen LogP contribution in [0.4, 0.5) is 5.69 Å². The van der Waals surface area contributed by atoms with Crippen molar-refractivity contribution in [2.45, 2.75) is 6.92 Å². The van der Waals surface area contributed by atoms with Gasteiger partial charge in [0.1, 0.15) is 0 Å². The van der Waals surface area contributed by atoms with Crippen LogP contribution in [-0.4, -0.2) is 19.2 Å². The smallest absolute Gasteiger partial charge is 0.262 e. The Morgan fingerprint density at radius 1 is 1.62 bits per heavy atom. The van der Waals surface area contributed by atoms with E-state index in [4.69, 9.17) is 0 Å². The molecule has 0 aliphatic carbocycles. The Hall–Kier alpha value is -1.14. The molecule has 0 aliphatic heterocycles. The first-order valence-corrected chi connectivity index (χ1v) is 5.29. The van der Waals surface area contributed by atoms with Crippen molar-refractivity contribution in [3.05, 3.63) is 24.5 Å². The summed E-state index contributed by atoms with van der Waals surface area (Å²) in [6.07, 6.45) is 3.05. The predicted octanol–water partition coefficient (Wildman–Crippen LogP) is 0.775. The maximum Gasteiger partial charge on any atom is 0.287 e. The summed E-state index contributed by atoms with van der Waals surface area (Å²) >= 11 is 0. The van der Waals surface area contributed by atoms with E-state index in [-0.39, 0.29) is 5.75 Å². The van der Waals surface area contributed by atoms with E-state index in [1.807, 2.05) is 0 Å². The fraction of sp³-hybridized carbons (Fsp3) is 0.286. The van der Waals surface area contributed by atoms with Crippen molar-refractivity contribution in [1.82, 2.24) is 4.98 Å². The second-order valence-electron chi connectivity index (χ2n) is 2.27. The Balaban J connectivity index is 2.54. The minimum absolute atomic E-state index is 0.0692. The molecule has 0 unspecified atom stereocenters. The number of pyridine rings is 1. The number of nitrogens with one attached hydrogen (secondary N) is 1. The van der Waals surface area contributed by atoms with Crippen LogP contribution in [0.5, 0.6) is 0 Å². The third-order valence-corrected chi connectivity index (χ3v) is 2.35. The van der Waals surface area contributed by atoms with Crippen molar-refractivity contribution < 1.29 is 12.7 Å². The lowest BCUT2D eigenvalue weighted by Crippen LogP contribution is -2.13. The minimum atomic E-state index is -3.46. The molecule has 1 heterocycles. The Kier molecular flexibility index (Phi) is 3.21. The van der Waals surface area contributed by atoms with Crippen molar-refractivity contribution in [2.75, 3.05) is 11.2 Å². The molecule has 13 heavy (non-hydrogen) atoms. The van der Waals surface area contributed by atoms with E-state index in [0.717, 1.165) is 0 Å². The van der Waals surface area contributed by atoms with Gasteiger partial charge >= 0.3 is 0 Å². The zero-order valence-corrected chi connectivity index (χ0v) is 7.91. The summed E-state index contributed by atoms with van der Waals surface area (Å²) < 4.78 is 26.2. The molecule has 0 fully saturated rings. The molecule has 5 nitrogen and oxygen atoms in total. The van der Waals surface area contributed by atoms with Gasteiger partial charge in [-0.3, -0.25) is 4.98 Å². The van der Waals surface area contributed by atoms with Crippen LogP contribution < -0.4 is 5.48 Å². The van der Waals surface area contributed by atoms with Gasteiger partial charge in [-0.1, -0.05) is 0 Å². The number of hydrogen-bond acceptors (Lipinski definition) is 5.